The highest BCUT2D eigenvalue weighted by atomic mass is 19.4. The summed E-state index contributed by atoms with van der Waals surface area (Å²) in [5.41, 5.74) is 24.5. The minimum atomic E-state index is -5.19. The number of pyridine rings is 2. The number of benzene rings is 4. The van der Waals surface area contributed by atoms with E-state index in [1.165, 1.54) is 33.4 Å². The summed E-state index contributed by atoms with van der Waals surface area (Å²) in [7, 11) is 0. The molecule has 262 valence electrons. The van der Waals surface area contributed by atoms with Crippen molar-refractivity contribution >= 4 is 45.1 Å². The summed E-state index contributed by atoms with van der Waals surface area (Å²) in [5, 5.41) is 19.8. The van der Waals surface area contributed by atoms with Gasteiger partial charge in [-0.1, -0.05) is 48.5 Å². The van der Waals surface area contributed by atoms with Gasteiger partial charge in [-0.05, 0) is 52.9 Å². The average Bonchev–Trinajstić information content (AvgIpc) is 3.44. The zero-order valence-corrected chi connectivity index (χ0v) is 26.5. The molecule has 14 heteroatoms. The van der Waals surface area contributed by atoms with E-state index in [-0.39, 0.29) is 0 Å². The lowest BCUT2D eigenvalue weighted by atomic mass is 10.0. The van der Waals surface area contributed by atoms with Gasteiger partial charge in [0.25, 0.3) is 0 Å². The Balaban J connectivity index is 0.000000307. The van der Waals surface area contributed by atoms with E-state index in [0.29, 0.717) is 0 Å². The number of carbonyl (C=O) groups is 2. The number of nitrogens with two attached hydrogens (primary N) is 2. The SMILES string of the molecule is Nc1cc[n+](Cc2ccc3c(c2)Cc2cc(C[n+]4ccc(N)c5ccccc54)ccc2-3)c2ccccc12.O=C([O-])C(F)(F)F.O=C([O-])C(F)(F)F. The van der Waals surface area contributed by atoms with Crippen LogP contribution in [0.25, 0.3) is 32.9 Å². The summed E-state index contributed by atoms with van der Waals surface area (Å²) in [5.74, 6) is -6.01. The Morgan fingerprint density at radius 3 is 1.29 bits per heavy atom. The summed E-state index contributed by atoms with van der Waals surface area (Å²) >= 11 is 0. The number of para-hydroxylation sites is 2. The summed E-state index contributed by atoms with van der Waals surface area (Å²) in [6.45, 7) is 1.63. The second kappa shape index (κ2) is 14.4. The normalized spacial score (nSPS) is 11.9. The second-order valence-corrected chi connectivity index (χ2v) is 11.6. The number of aliphatic carboxylic acids is 2. The van der Waals surface area contributed by atoms with Crippen LogP contribution in [-0.2, 0) is 29.1 Å². The van der Waals surface area contributed by atoms with Crippen molar-refractivity contribution in [2.75, 3.05) is 11.5 Å². The minimum absolute atomic E-state index is 0.816. The molecule has 0 saturated carbocycles. The summed E-state index contributed by atoms with van der Waals surface area (Å²) in [6, 6.07) is 34.5. The van der Waals surface area contributed by atoms with Crippen molar-refractivity contribution in [3.63, 3.8) is 0 Å². The molecule has 0 amide bonds. The smallest absolute Gasteiger partial charge is 0.430 e. The van der Waals surface area contributed by atoms with E-state index in [1.807, 2.05) is 24.3 Å². The van der Waals surface area contributed by atoms with Gasteiger partial charge in [0.15, 0.2) is 25.5 Å². The standard InChI is InChI=1S/C33H26N4.2C2HF3O2/c34-30-13-15-36(32-7-3-1-5-28(30)32)20-22-9-11-26-24(17-22)19-25-18-23(10-12-27(25)26)21-37-16-14-31(35)29-6-2-4-8-33(29)37;2*3-2(4,5)1(6)7/h1-18,34-35H,19-21H2;2*(H,6,7). The molecule has 1 aliphatic rings. The Morgan fingerprint density at radius 2 is 0.941 bits per heavy atom. The number of hydrogen-bond acceptors (Lipinski definition) is 6. The molecule has 0 unspecified atom stereocenters. The quantitative estimate of drug-likeness (QED) is 0.210. The lowest BCUT2D eigenvalue weighted by molar-refractivity contribution is -0.662. The van der Waals surface area contributed by atoms with Crippen LogP contribution in [-0.4, -0.2) is 24.3 Å². The van der Waals surface area contributed by atoms with Gasteiger partial charge < -0.3 is 31.3 Å². The van der Waals surface area contributed by atoms with E-state index in [0.717, 1.165) is 52.7 Å². The van der Waals surface area contributed by atoms with Crippen molar-refractivity contribution in [2.24, 2.45) is 0 Å². The zero-order valence-electron chi connectivity index (χ0n) is 26.5. The molecule has 0 spiro atoms. The third-order valence-electron chi connectivity index (χ3n) is 8.10. The minimum Gasteiger partial charge on any atom is -0.542 e. The maximum Gasteiger partial charge on any atom is 0.430 e. The topological polar surface area (TPSA) is 140 Å². The number of fused-ring (bicyclic) bond motifs is 5. The number of hydrogen-bond donors (Lipinski definition) is 2. The molecular weight excluding hydrogens is 678 g/mol. The Labute approximate surface area is 286 Å². The molecule has 4 aromatic carbocycles. The van der Waals surface area contributed by atoms with Crippen LogP contribution in [0.15, 0.2) is 109 Å². The van der Waals surface area contributed by atoms with Crippen LogP contribution >= 0.6 is 0 Å². The van der Waals surface area contributed by atoms with Crippen molar-refractivity contribution in [2.45, 2.75) is 31.9 Å². The molecule has 2 heterocycles. The fourth-order valence-corrected chi connectivity index (χ4v) is 5.80. The van der Waals surface area contributed by atoms with E-state index < -0.39 is 24.3 Å². The zero-order chi connectivity index (χ0) is 37.1. The first-order chi connectivity index (χ1) is 24.0. The van der Waals surface area contributed by atoms with Crippen LogP contribution in [0.3, 0.4) is 0 Å². The predicted octanol–water partition coefficient (Wildman–Crippen LogP) is 4.00. The van der Waals surface area contributed by atoms with E-state index >= 15 is 0 Å². The molecular formula is C37H28F6N4O4. The Hall–Kier alpha value is -6.18. The van der Waals surface area contributed by atoms with Crippen molar-refractivity contribution in [1.82, 2.24) is 0 Å². The average molecular weight is 707 g/mol. The van der Waals surface area contributed by atoms with Gasteiger partial charge in [-0.3, -0.25) is 0 Å². The number of anilines is 2. The number of carbonyl (C=O) groups excluding carboxylic acids is 2. The lowest BCUT2D eigenvalue weighted by Crippen LogP contribution is -2.37. The van der Waals surface area contributed by atoms with Gasteiger partial charge in [0.05, 0.1) is 22.1 Å². The number of nitrogens with zero attached hydrogens (tertiary/aromatic N) is 2. The number of nitrogen functional groups attached to an aromatic ring is 2. The molecule has 0 fully saturated rings. The molecule has 0 radical (unpaired) electrons. The summed E-state index contributed by atoms with van der Waals surface area (Å²) < 4.78 is 67.7. The lowest BCUT2D eigenvalue weighted by Gasteiger charge is -2.07. The van der Waals surface area contributed by atoms with Gasteiger partial charge in [-0.25, -0.2) is 0 Å². The fraction of sp³-hybridized carbons (Fsp3) is 0.135. The highest BCUT2D eigenvalue weighted by Crippen LogP contribution is 2.37. The predicted molar refractivity (Wildman–Crippen MR) is 172 cm³/mol. The van der Waals surface area contributed by atoms with Gasteiger partial charge in [0.1, 0.15) is 11.9 Å². The Bertz CT molecular complexity index is 2110. The van der Waals surface area contributed by atoms with E-state index in [9.17, 15) is 26.3 Å². The first-order valence-corrected chi connectivity index (χ1v) is 15.2. The van der Waals surface area contributed by atoms with E-state index in [2.05, 4.69) is 94.3 Å². The van der Waals surface area contributed by atoms with Crippen molar-refractivity contribution in [1.29, 1.82) is 0 Å². The molecule has 2 aromatic heterocycles. The molecule has 1 aliphatic carbocycles. The van der Waals surface area contributed by atoms with Crippen LogP contribution in [0.4, 0.5) is 37.7 Å². The monoisotopic (exact) mass is 706 g/mol. The van der Waals surface area contributed by atoms with Crippen molar-refractivity contribution in [3.8, 4) is 11.1 Å². The molecule has 0 bridgehead atoms. The molecule has 8 nitrogen and oxygen atoms in total. The second-order valence-electron chi connectivity index (χ2n) is 11.6. The number of rotatable bonds is 4. The van der Waals surface area contributed by atoms with Crippen LogP contribution in [0.2, 0.25) is 0 Å². The fourth-order valence-electron chi connectivity index (χ4n) is 5.80. The number of alkyl halides is 6. The van der Waals surface area contributed by atoms with Crippen LogP contribution in [0, 0.1) is 0 Å². The third kappa shape index (κ3) is 8.35. The van der Waals surface area contributed by atoms with Gasteiger partial charge in [0.2, 0.25) is 11.0 Å². The molecule has 7 rings (SSSR count). The van der Waals surface area contributed by atoms with Crippen molar-refractivity contribution in [3.05, 3.63) is 132 Å². The maximum absolute atomic E-state index is 10.5. The van der Waals surface area contributed by atoms with Crippen LogP contribution in [0.5, 0.6) is 0 Å². The van der Waals surface area contributed by atoms with E-state index in [4.69, 9.17) is 31.3 Å². The molecule has 51 heavy (non-hydrogen) atoms. The largest absolute Gasteiger partial charge is 0.542 e. The molecule has 6 aromatic rings. The number of carboxylic acids is 2. The summed E-state index contributed by atoms with van der Waals surface area (Å²) in [6.07, 6.45) is -5.25. The first-order valence-electron chi connectivity index (χ1n) is 15.2. The summed E-state index contributed by atoms with van der Waals surface area (Å²) in [4.78, 5) is 17.6. The number of halogens is 6. The van der Waals surface area contributed by atoms with Crippen LogP contribution in [0.1, 0.15) is 22.3 Å². The molecule has 0 saturated heterocycles. The van der Waals surface area contributed by atoms with Gasteiger partial charge in [-0.15, -0.1) is 0 Å². The molecule has 0 aliphatic heterocycles. The number of aromatic nitrogens is 2. The molecule has 4 N–H and O–H groups in total. The Kier molecular flexibility index (Phi) is 10.2. The Morgan fingerprint density at radius 1 is 0.588 bits per heavy atom. The maximum atomic E-state index is 10.5. The van der Waals surface area contributed by atoms with Gasteiger partial charge in [0, 0.05) is 35.4 Å². The van der Waals surface area contributed by atoms with Gasteiger partial charge >= 0.3 is 12.4 Å². The molecule has 0 atom stereocenters. The third-order valence-corrected chi connectivity index (χ3v) is 8.10. The van der Waals surface area contributed by atoms with Crippen molar-refractivity contribution < 1.29 is 55.3 Å². The van der Waals surface area contributed by atoms with Crippen LogP contribution < -0.4 is 30.8 Å². The first kappa shape index (κ1) is 36.1. The highest BCUT2D eigenvalue weighted by molar-refractivity contribution is 5.88. The van der Waals surface area contributed by atoms with Gasteiger partial charge in [-0.2, -0.15) is 35.5 Å². The van der Waals surface area contributed by atoms with E-state index in [1.54, 1.807) is 0 Å². The highest BCUT2D eigenvalue weighted by Gasteiger charge is 2.29. The number of carboxylic acid groups (broad SMARTS) is 2.